The summed E-state index contributed by atoms with van der Waals surface area (Å²) in [6, 6.07) is 1.65. The Morgan fingerprint density at radius 1 is 1.39 bits per heavy atom. The van der Waals surface area contributed by atoms with Crippen LogP contribution in [0, 0.1) is 10.1 Å². The molecule has 1 saturated heterocycles. The Kier molecular flexibility index (Phi) is 5.10. The van der Waals surface area contributed by atoms with Gasteiger partial charge in [0.1, 0.15) is 0 Å². The number of thiophene rings is 1. The van der Waals surface area contributed by atoms with Gasteiger partial charge in [-0.25, -0.2) is 0 Å². The minimum absolute atomic E-state index is 0.225. The predicted octanol–water partition coefficient (Wildman–Crippen LogP) is 2.23. The van der Waals surface area contributed by atoms with Gasteiger partial charge in [-0.05, 0) is 31.5 Å². The number of likely N-dealkylation sites (tertiary alicyclic amines) is 1. The SMILES string of the molecule is O=[N+]([O-])c1cc(CNCCN2CCCCC2)cs1. The predicted molar refractivity (Wildman–Crippen MR) is 73.0 cm³/mol. The van der Waals surface area contributed by atoms with Gasteiger partial charge in [0, 0.05) is 31.1 Å². The molecule has 0 unspecified atom stereocenters. The van der Waals surface area contributed by atoms with Crippen LogP contribution >= 0.6 is 11.3 Å². The lowest BCUT2D eigenvalue weighted by atomic mass is 10.1. The summed E-state index contributed by atoms with van der Waals surface area (Å²) in [5.41, 5.74) is 1.00. The zero-order valence-electron chi connectivity index (χ0n) is 10.4. The van der Waals surface area contributed by atoms with E-state index in [1.807, 2.05) is 5.38 Å². The summed E-state index contributed by atoms with van der Waals surface area (Å²) in [7, 11) is 0. The maximum absolute atomic E-state index is 10.5. The smallest absolute Gasteiger partial charge is 0.311 e. The fourth-order valence-electron chi connectivity index (χ4n) is 2.20. The van der Waals surface area contributed by atoms with Crippen molar-refractivity contribution in [2.24, 2.45) is 0 Å². The number of rotatable bonds is 6. The van der Waals surface area contributed by atoms with Crippen LogP contribution in [0.3, 0.4) is 0 Å². The van der Waals surface area contributed by atoms with Gasteiger partial charge in [-0.15, -0.1) is 0 Å². The number of hydrogen-bond acceptors (Lipinski definition) is 5. The average Bonchev–Trinajstić information content (AvgIpc) is 2.85. The van der Waals surface area contributed by atoms with Crippen LogP contribution in [0.1, 0.15) is 24.8 Å². The summed E-state index contributed by atoms with van der Waals surface area (Å²) in [6.07, 6.45) is 4.00. The van der Waals surface area contributed by atoms with Crippen LogP contribution in [-0.2, 0) is 6.54 Å². The minimum atomic E-state index is -0.331. The first kappa shape index (κ1) is 13.5. The average molecular weight is 269 g/mol. The van der Waals surface area contributed by atoms with E-state index in [9.17, 15) is 10.1 Å². The van der Waals surface area contributed by atoms with Gasteiger partial charge >= 0.3 is 5.00 Å². The number of nitrogens with one attached hydrogen (secondary N) is 1. The van der Waals surface area contributed by atoms with Gasteiger partial charge in [-0.1, -0.05) is 17.8 Å². The van der Waals surface area contributed by atoms with E-state index in [1.165, 1.54) is 43.7 Å². The van der Waals surface area contributed by atoms with Crippen molar-refractivity contribution in [2.45, 2.75) is 25.8 Å². The fraction of sp³-hybridized carbons (Fsp3) is 0.667. The molecule has 0 aromatic carbocycles. The number of nitro groups is 1. The number of hydrogen-bond donors (Lipinski definition) is 1. The first-order valence-corrected chi connectivity index (χ1v) is 7.28. The number of nitrogens with zero attached hydrogens (tertiary/aromatic N) is 2. The summed E-state index contributed by atoms with van der Waals surface area (Å²) in [5.74, 6) is 0. The Morgan fingerprint density at radius 2 is 2.17 bits per heavy atom. The molecule has 18 heavy (non-hydrogen) atoms. The van der Waals surface area contributed by atoms with Crippen LogP contribution < -0.4 is 5.32 Å². The standard InChI is InChI=1S/C12H19N3O2S/c16-15(17)12-8-11(10-18-12)9-13-4-7-14-5-2-1-3-6-14/h8,10,13H,1-7,9H2. The van der Waals surface area contributed by atoms with Gasteiger partial charge < -0.3 is 10.2 Å². The van der Waals surface area contributed by atoms with Gasteiger partial charge in [-0.3, -0.25) is 10.1 Å². The topological polar surface area (TPSA) is 58.4 Å². The minimum Gasteiger partial charge on any atom is -0.311 e. The molecule has 0 atom stereocenters. The molecule has 0 aliphatic carbocycles. The third-order valence-corrected chi connectivity index (χ3v) is 4.13. The fourth-order valence-corrected chi connectivity index (χ4v) is 2.93. The van der Waals surface area contributed by atoms with E-state index in [2.05, 4.69) is 10.2 Å². The highest BCUT2D eigenvalue weighted by Gasteiger charge is 2.10. The van der Waals surface area contributed by atoms with Crippen molar-refractivity contribution in [3.05, 3.63) is 27.1 Å². The monoisotopic (exact) mass is 269 g/mol. The highest BCUT2D eigenvalue weighted by molar-refractivity contribution is 7.13. The zero-order chi connectivity index (χ0) is 12.8. The molecule has 1 aromatic heterocycles. The number of piperidine rings is 1. The third kappa shape index (κ3) is 4.04. The Hall–Kier alpha value is -0.980. The van der Waals surface area contributed by atoms with E-state index in [0.29, 0.717) is 0 Å². The van der Waals surface area contributed by atoms with Crippen LogP contribution in [0.4, 0.5) is 5.00 Å². The molecular formula is C12H19N3O2S. The van der Waals surface area contributed by atoms with Gasteiger partial charge in [-0.2, -0.15) is 0 Å². The summed E-state index contributed by atoms with van der Waals surface area (Å²) >= 11 is 1.19. The van der Waals surface area contributed by atoms with Crippen LogP contribution in [-0.4, -0.2) is 36.0 Å². The van der Waals surface area contributed by atoms with Crippen LogP contribution in [0.2, 0.25) is 0 Å². The van der Waals surface area contributed by atoms with Gasteiger partial charge in [0.05, 0.1) is 4.92 Å². The lowest BCUT2D eigenvalue weighted by Gasteiger charge is -2.26. The second-order valence-electron chi connectivity index (χ2n) is 4.63. The second kappa shape index (κ2) is 6.82. The summed E-state index contributed by atoms with van der Waals surface area (Å²) < 4.78 is 0. The van der Waals surface area contributed by atoms with Crippen LogP contribution in [0.15, 0.2) is 11.4 Å². The lowest BCUT2D eigenvalue weighted by molar-refractivity contribution is -0.380. The first-order chi connectivity index (χ1) is 8.75. The highest BCUT2D eigenvalue weighted by atomic mass is 32.1. The van der Waals surface area contributed by atoms with E-state index in [4.69, 9.17) is 0 Å². The Labute approximate surface area is 111 Å². The van der Waals surface area contributed by atoms with E-state index >= 15 is 0 Å². The van der Waals surface area contributed by atoms with Crippen molar-refractivity contribution in [3.63, 3.8) is 0 Å². The molecule has 1 fully saturated rings. The zero-order valence-corrected chi connectivity index (χ0v) is 11.2. The highest BCUT2D eigenvalue weighted by Crippen LogP contribution is 2.22. The third-order valence-electron chi connectivity index (χ3n) is 3.20. The van der Waals surface area contributed by atoms with E-state index < -0.39 is 0 Å². The molecule has 0 bridgehead atoms. The first-order valence-electron chi connectivity index (χ1n) is 6.40. The van der Waals surface area contributed by atoms with Crippen molar-refractivity contribution in [1.29, 1.82) is 0 Å². The van der Waals surface area contributed by atoms with Crippen molar-refractivity contribution >= 4 is 16.3 Å². The molecule has 100 valence electrons. The summed E-state index contributed by atoms with van der Waals surface area (Å²) in [6.45, 7) is 5.17. The molecule has 0 amide bonds. The molecule has 2 heterocycles. The molecule has 0 saturated carbocycles. The van der Waals surface area contributed by atoms with Gasteiger partial charge in [0.25, 0.3) is 0 Å². The molecule has 1 aromatic rings. The molecule has 5 nitrogen and oxygen atoms in total. The molecule has 1 aliphatic rings. The van der Waals surface area contributed by atoms with Crippen molar-refractivity contribution in [2.75, 3.05) is 26.2 Å². The molecular weight excluding hydrogens is 250 g/mol. The normalized spacial score (nSPS) is 16.9. The molecule has 1 aliphatic heterocycles. The van der Waals surface area contributed by atoms with Crippen LogP contribution in [0.5, 0.6) is 0 Å². The largest absolute Gasteiger partial charge is 0.324 e. The van der Waals surface area contributed by atoms with Gasteiger partial charge in [0.2, 0.25) is 0 Å². The molecule has 1 N–H and O–H groups in total. The maximum atomic E-state index is 10.5. The van der Waals surface area contributed by atoms with Crippen molar-refractivity contribution in [3.8, 4) is 0 Å². The summed E-state index contributed by atoms with van der Waals surface area (Å²) in [5, 5.41) is 16.0. The molecule has 2 rings (SSSR count). The molecule has 0 radical (unpaired) electrons. The van der Waals surface area contributed by atoms with Crippen LogP contribution in [0.25, 0.3) is 0 Å². The van der Waals surface area contributed by atoms with E-state index in [1.54, 1.807) is 6.07 Å². The van der Waals surface area contributed by atoms with E-state index in [0.717, 1.165) is 25.2 Å². The van der Waals surface area contributed by atoms with Crippen molar-refractivity contribution < 1.29 is 4.92 Å². The molecule has 6 heteroatoms. The lowest BCUT2D eigenvalue weighted by Crippen LogP contribution is -2.35. The Morgan fingerprint density at radius 3 is 2.83 bits per heavy atom. The van der Waals surface area contributed by atoms with E-state index in [-0.39, 0.29) is 9.92 Å². The van der Waals surface area contributed by atoms with Gasteiger partial charge in [0.15, 0.2) is 0 Å². The Bertz CT molecular complexity index is 388. The van der Waals surface area contributed by atoms with Crippen molar-refractivity contribution in [1.82, 2.24) is 10.2 Å². The second-order valence-corrected chi connectivity index (χ2v) is 5.52. The summed E-state index contributed by atoms with van der Waals surface area (Å²) in [4.78, 5) is 12.7. The maximum Gasteiger partial charge on any atom is 0.324 e. The molecule has 0 spiro atoms. The Balaban J connectivity index is 1.63. The quantitative estimate of drug-likeness (QED) is 0.489.